The van der Waals surface area contributed by atoms with Gasteiger partial charge in [0.1, 0.15) is 11.6 Å². The van der Waals surface area contributed by atoms with Gasteiger partial charge in [-0.3, -0.25) is 4.57 Å². The Morgan fingerprint density at radius 1 is 1.12 bits per heavy atom. The number of nitrogens with one attached hydrogen (secondary N) is 1. The maximum absolute atomic E-state index is 15.6. The fourth-order valence-electron chi connectivity index (χ4n) is 4.94. The maximum atomic E-state index is 15.6. The number of rotatable bonds is 3. The molecule has 0 spiro atoms. The summed E-state index contributed by atoms with van der Waals surface area (Å²) in [6.45, 7) is 7.70. The molecule has 0 saturated heterocycles. The lowest BCUT2D eigenvalue weighted by molar-refractivity contribution is 0.521. The molecule has 2 aliphatic rings. The summed E-state index contributed by atoms with van der Waals surface area (Å²) in [7, 11) is -3.42. The van der Waals surface area contributed by atoms with E-state index in [1.165, 1.54) is 10.0 Å². The average Bonchev–Trinajstić information content (AvgIpc) is 3.42. The van der Waals surface area contributed by atoms with Crippen LogP contribution in [0.2, 0.25) is 0 Å². The molecule has 9 heteroatoms. The van der Waals surface area contributed by atoms with Crippen molar-refractivity contribution >= 4 is 26.6 Å². The van der Waals surface area contributed by atoms with E-state index < -0.39 is 15.6 Å². The van der Waals surface area contributed by atoms with Crippen LogP contribution >= 0.6 is 0 Å². The number of aromatic nitrogens is 4. The van der Waals surface area contributed by atoms with Gasteiger partial charge in [0, 0.05) is 11.6 Å². The Morgan fingerprint density at radius 2 is 1.88 bits per heavy atom. The van der Waals surface area contributed by atoms with Gasteiger partial charge in [0.05, 0.1) is 27.7 Å². The molecule has 0 radical (unpaired) electrons. The molecule has 7 nitrogen and oxygen atoms in total. The van der Waals surface area contributed by atoms with Crippen molar-refractivity contribution < 1.29 is 12.8 Å². The van der Waals surface area contributed by atoms with E-state index in [1.807, 2.05) is 44.4 Å². The molecule has 1 aliphatic carbocycles. The Bertz CT molecular complexity index is 1580. The van der Waals surface area contributed by atoms with Crippen LogP contribution in [0.3, 0.4) is 0 Å². The highest BCUT2D eigenvalue weighted by Gasteiger charge is 2.39. The molecule has 6 rings (SSSR count). The standard InChI is InChI=1S/C24H24FN5O2S/c1-13-18(12-19(25)21-22(13)30-14(2)27-28-23(30)24(3,4)26-21)16-6-5-7-20-17(16)10-11-29(20)33(31,32)15-8-9-15/h5-7,10-12,15,26H,8-9H2,1-4H3. The monoisotopic (exact) mass is 465 g/mol. The van der Waals surface area contributed by atoms with Gasteiger partial charge in [-0.15, -0.1) is 10.2 Å². The third kappa shape index (κ3) is 2.75. The zero-order chi connectivity index (χ0) is 23.3. The highest BCUT2D eigenvalue weighted by molar-refractivity contribution is 7.91. The maximum Gasteiger partial charge on any atom is 0.241 e. The second-order valence-electron chi connectivity index (χ2n) is 9.51. The normalized spacial score (nSPS) is 17.0. The molecule has 2 aromatic carbocycles. The fourth-order valence-corrected chi connectivity index (χ4v) is 6.66. The molecule has 0 unspecified atom stereocenters. The van der Waals surface area contributed by atoms with Crippen molar-refractivity contribution in [3.63, 3.8) is 0 Å². The molecule has 1 fully saturated rings. The number of halogens is 1. The van der Waals surface area contributed by atoms with Crippen LogP contribution in [0.4, 0.5) is 10.1 Å². The van der Waals surface area contributed by atoms with Gasteiger partial charge >= 0.3 is 0 Å². The molecule has 1 saturated carbocycles. The molecular weight excluding hydrogens is 441 g/mol. The van der Waals surface area contributed by atoms with Crippen molar-refractivity contribution in [1.82, 2.24) is 18.7 Å². The number of hydrogen-bond acceptors (Lipinski definition) is 5. The van der Waals surface area contributed by atoms with Crippen LogP contribution in [0.1, 0.15) is 43.9 Å². The topological polar surface area (TPSA) is 81.8 Å². The number of nitrogens with zero attached hydrogens (tertiary/aromatic N) is 4. The molecule has 0 amide bonds. The van der Waals surface area contributed by atoms with Crippen molar-refractivity contribution in [3.8, 4) is 16.8 Å². The van der Waals surface area contributed by atoms with Crippen molar-refractivity contribution in [3.05, 3.63) is 59.6 Å². The smallest absolute Gasteiger partial charge is 0.241 e. The van der Waals surface area contributed by atoms with Crippen LogP contribution in [0.25, 0.3) is 27.7 Å². The summed E-state index contributed by atoms with van der Waals surface area (Å²) in [5.74, 6) is 1.02. The van der Waals surface area contributed by atoms with Crippen molar-refractivity contribution in [1.29, 1.82) is 0 Å². The number of benzene rings is 2. The van der Waals surface area contributed by atoms with Gasteiger partial charge in [-0.1, -0.05) is 12.1 Å². The summed E-state index contributed by atoms with van der Waals surface area (Å²) in [4.78, 5) is 0. The minimum absolute atomic E-state index is 0.316. The quantitative estimate of drug-likeness (QED) is 0.476. The Balaban J connectivity index is 1.61. The highest BCUT2D eigenvalue weighted by Crippen LogP contribution is 2.44. The Morgan fingerprint density at radius 3 is 2.61 bits per heavy atom. The lowest BCUT2D eigenvalue weighted by Gasteiger charge is -2.35. The van der Waals surface area contributed by atoms with Crippen LogP contribution in [0, 0.1) is 19.7 Å². The van der Waals surface area contributed by atoms with Crippen molar-refractivity contribution in [2.24, 2.45) is 0 Å². The molecule has 4 aromatic rings. The van der Waals surface area contributed by atoms with Crippen molar-refractivity contribution in [2.75, 3.05) is 5.32 Å². The summed E-state index contributed by atoms with van der Waals surface area (Å²) < 4.78 is 44.7. The number of aryl methyl sites for hydroxylation is 1. The first kappa shape index (κ1) is 20.4. The molecule has 1 N–H and O–H groups in total. The molecule has 3 heterocycles. The first-order valence-corrected chi connectivity index (χ1v) is 12.5. The van der Waals surface area contributed by atoms with Gasteiger partial charge in [0.25, 0.3) is 0 Å². The zero-order valence-corrected chi connectivity index (χ0v) is 19.7. The minimum atomic E-state index is -3.42. The summed E-state index contributed by atoms with van der Waals surface area (Å²) >= 11 is 0. The molecule has 2 aromatic heterocycles. The highest BCUT2D eigenvalue weighted by atomic mass is 32.2. The Hall–Kier alpha value is -3.20. The zero-order valence-electron chi connectivity index (χ0n) is 18.8. The average molecular weight is 466 g/mol. The Labute approximate surface area is 191 Å². The van der Waals surface area contributed by atoms with E-state index in [0.29, 0.717) is 46.9 Å². The first-order valence-electron chi connectivity index (χ1n) is 11.0. The number of anilines is 1. The van der Waals surface area contributed by atoms with Gasteiger partial charge in [0.2, 0.25) is 10.0 Å². The van der Waals surface area contributed by atoms with Crippen LogP contribution in [0.15, 0.2) is 36.5 Å². The predicted octanol–water partition coefficient (Wildman–Crippen LogP) is 4.65. The Kier molecular flexibility index (Phi) is 3.98. The van der Waals surface area contributed by atoms with Crippen LogP contribution in [-0.4, -0.2) is 32.4 Å². The van der Waals surface area contributed by atoms with E-state index in [0.717, 1.165) is 16.5 Å². The van der Waals surface area contributed by atoms with Gasteiger partial charge in [-0.2, -0.15) is 0 Å². The SMILES string of the molecule is Cc1c(-c2cccc3c2ccn3S(=O)(=O)C2CC2)cc(F)c2c1-n1c(C)nnc1C(C)(C)N2. The molecular formula is C24H24FN5O2S. The summed E-state index contributed by atoms with van der Waals surface area (Å²) in [5.41, 5.74) is 3.48. The largest absolute Gasteiger partial charge is 0.369 e. The third-order valence-corrected chi connectivity index (χ3v) is 8.94. The minimum Gasteiger partial charge on any atom is -0.369 e. The van der Waals surface area contributed by atoms with Gasteiger partial charge in [-0.25, -0.2) is 16.8 Å². The molecule has 170 valence electrons. The predicted molar refractivity (Wildman–Crippen MR) is 126 cm³/mol. The van der Waals surface area contributed by atoms with Gasteiger partial charge in [0.15, 0.2) is 5.82 Å². The van der Waals surface area contributed by atoms with Gasteiger partial charge in [-0.05, 0) is 75.4 Å². The summed E-state index contributed by atoms with van der Waals surface area (Å²) in [5, 5.41) is 12.3. The second-order valence-corrected chi connectivity index (χ2v) is 11.6. The van der Waals surface area contributed by atoms with Crippen LogP contribution in [0.5, 0.6) is 0 Å². The van der Waals surface area contributed by atoms with Crippen molar-refractivity contribution in [2.45, 2.75) is 51.3 Å². The fraction of sp³-hybridized carbons (Fsp3) is 0.333. The summed E-state index contributed by atoms with van der Waals surface area (Å²) in [6, 6.07) is 8.87. The van der Waals surface area contributed by atoms with E-state index in [-0.39, 0.29) is 11.1 Å². The molecule has 1 aliphatic heterocycles. The second kappa shape index (κ2) is 6.44. The number of fused-ring (bicyclic) bond motifs is 4. The lowest BCUT2D eigenvalue weighted by atomic mass is 9.92. The van der Waals surface area contributed by atoms with E-state index in [1.54, 1.807) is 18.3 Å². The molecule has 0 atom stereocenters. The first-order chi connectivity index (χ1) is 15.6. The van der Waals surface area contributed by atoms with E-state index in [2.05, 4.69) is 15.5 Å². The van der Waals surface area contributed by atoms with Gasteiger partial charge < -0.3 is 5.32 Å². The van der Waals surface area contributed by atoms with Crippen LogP contribution in [-0.2, 0) is 15.6 Å². The molecule has 0 bridgehead atoms. The number of hydrogen-bond donors (Lipinski definition) is 1. The van der Waals surface area contributed by atoms with E-state index in [4.69, 9.17) is 0 Å². The van der Waals surface area contributed by atoms with Crippen LogP contribution < -0.4 is 5.32 Å². The van der Waals surface area contributed by atoms with E-state index >= 15 is 4.39 Å². The van der Waals surface area contributed by atoms with E-state index in [9.17, 15) is 8.42 Å². The summed E-state index contributed by atoms with van der Waals surface area (Å²) in [6.07, 6.45) is 3.00. The lowest BCUT2D eigenvalue weighted by Crippen LogP contribution is -2.37. The molecule has 33 heavy (non-hydrogen) atoms. The third-order valence-electron chi connectivity index (χ3n) is 6.76.